The Kier molecular flexibility index (Phi) is 4.70. The van der Waals surface area contributed by atoms with Crippen molar-refractivity contribution in [3.05, 3.63) is 0 Å². The summed E-state index contributed by atoms with van der Waals surface area (Å²) in [5, 5.41) is 11.4. The van der Waals surface area contributed by atoms with Gasteiger partial charge in [-0.15, -0.1) is 0 Å². The van der Waals surface area contributed by atoms with E-state index in [9.17, 15) is 9.59 Å². The van der Waals surface area contributed by atoms with E-state index in [-0.39, 0.29) is 12.0 Å². The number of carboxylic acid groups (broad SMARTS) is 1. The van der Waals surface area contributed by atoms with Crippen LogP contribution in [0.15, 0.2) is 0 Å². The van der Waals surface area contributed by atoms with Crippen molar-refractivity contribution >= 4 is 11.9 Å². The molecule has 1 rings (SSSR count). The quantitative estimate of drug-likeness (QED) is 0.652. The van der Waals surface area contributed by atoms with Crippen LogP contribution in [0.25, 0.3) is 0 Å². The van der Waals surface area contributed by atoms with E-state index in [1.54, 1.807) is 7.11 Å². The first-order valence-electron chi connectivity index (χ1n) is 5.28. The van der Waals surface area contributed by atoms with Crippen LogP contribution in [0.3, 0.4) is 0 Å². The lowest BCUT2D eigenvalue weighted by atomic mass is 10.2. The molecule has 0 spiro atoms. The summed E-state index contributed by atoms with van der Waals surface area (Å²) < 4.78 is 5.19. The second-order valence-electron chi connectivity index (χ2n) is 4.00. The van der Waals surface area contributed by atoms with Crippen molar-refractivity contribution in [2.75, 3.05) is 26.7 Å². The van der Waals surface area contributed by atoms with Gasteiger partial charge in [-0.2, -0.15) is 0 Å². The molecule has 6 nitrogen and oxygen atoms in total. The number of carbonyl (C=O) groups excluding carboxylic acids is 1. The van der Waals surface area contributed by atoms with Gasteiger partial charge in [0.15, 0.2) is 0 Å². The summed E-state index contributed by atoms with van der Waals surface area (Å²) in [6, 6.07) is -0.840. The molecule has 16 heavy (non-hydrogen) atoms. The van der Waals surface area contributed by atoms with E-state index >= 15 is 0 Å². The lowest BCUT2D eigenvalue weighted by Gasteiger charge is -2.21. The molecule has 0 radical (unpaired) electrons. The topological polar surface area (TPSA) is 78.9 Å². The van der Waals surface area contributed by atoms with Gasteiger partial charge < -0.3 is 15.2 Å². The van der Waals surface area contributed by atoms with Crippen LogP contribution in [-0.2, 0) is 14.3 Å². The van der Waals surface area contributed by atoms with Gasteiger partial charge >= 0.3 is 5.97 Å². The van der Waals surface area contributed by atoms with E-state index < -0.39 is 12.0 Å². The molecule has 2 atom stereocenters. The minimum Gasteiger partial charge on any atom is -0.480 e. The first kappa shape index (κ1) is 12.9. The summed E-state index contributed by atoms with van der Waals surface area (Å²) in [7, 11) is 1.65. The number of ether oxygens (including phenoxy) is 1. The van der Waals surface area contributed by atoms with E-state index in [2.05, 4.69) is 5.32 Å². The van der Waals surface area contributed by atoms with Gasteiger partial charge in [0.2, 0.25) is 5.91 Å². The van der Waals surface area contributed by atoms with Gasteiger partial charge in [0.05, 0.1) is 6.10 Å². The molecule has 1 fully saturated rings. The number of amides is 1. The fourth-order valence-electron chi connectivity index (χ4n) is 1.84. The van der Waals surface area contributed by atoms with Crippen LogP contribution in [0.1, 0.15) is 13.3 Å². The Balaban J connectivity index is 2.43. The van der Waals surface area contributed by atoms with Crippen molar-refractivity contribution in [2.24, 2.45) is 0 Å². The number of likely N-dealkylation sites (tertiary alicyclic amines) is 1. The van der Waals surface area contributed by atoms with Gasteiger partial charge in [-0.1, -0.05) is 0 Å². The van der Waals surface area contributed by atoms with Gasteiger partial charge in [-0.05, 0) is 6.42 Å². The van der Waals surface area contributed by atoms with Crippen LogP contribution < -0.4 is 5.32 Å². The second kappa shape index (κ2) is 5.81. The minimum atomic E-state index is -1.00. The van der Waals surface area contributed by atoms with Crippen LogP contribution in [0, 0.1) is 0 Å². The molecule has 6 heteroatoms. The van der Waals surface area contributed by atoms with Crippen LogP contribution in [0.5, 0.6) is 0 Å². The van der Waals surface area contributed by atoms with Crippen molar-refractivity contribution in [2.45, 2.75) is 25.5 Å². The molecule has 0 aromatic heterocycles. The first-order valence-corrected chi connectivity index (χ1v) is 5.28. The standard InChI is InChI=1S/C10H18N2O4/c1-7(13)11-9(10(14)15)6-12-4-3-8(5-12)16-2/h8-9H,3-6H2,1-2H3,(H,11,13)(H,14,15). The van der Waals surface area contributed by atoms with E-state index in [0.29, 0.717) is 6.54 Å². The number of methoxy groups -OCH3 is 1. The smallest absolute Gasteiger partial charge is 0.327 e. The highest BCUT2D eigenvalue weighted by Gasteiger charge is 2.27. The number of hydrogen-bond acceptors (Lipinski definition) is 4. The summed E-state index contributed by atoms with van der Waals surface area (Å²) in [6.45, 7) is 3.17. The molecule has 0 saturated carbocycles. The molecule has 1 aliphatic heterocycles. The van der Waals surface area contributed by atoms with E-state index in [4.69, 9.17) is 9.84 Å². The zero-order valence-electron chi connectivity index (χ0n) is 9.60. The van der Waals surface area contributed by atoms with Crippen molar-refractivity contribution in [1.82, 2.24) is 10.2 Å². The normalized spacial score (nSPS) is 23.0. The lowest BCUT2D eigenvalue weighted by molar-refractivity contribution is -0.142. The number of nitrogens with one attached hydrogen (secondary N) is 1. The predicted octanol–water partition coefficient (Wildman–Crippen LogP) is -0.704. The summed E-state index contributed by atoms with van der Waals surface area (Å²) >= 11 is 0. The Hall–Kier alpha value is -1.14. The minimum absolute atomic E-state index is 0.173. The number of hydrogen-bond donors (Lipinski definition) is 2. The largest absolute Gasteiger partial charge is 0.480 e. The highest BCUT2D eigenvalue weighted by Crippen LogP contribution is 2.11. The van der Waals surface area contributed by atoms with Gasteiger partial charge in [0.25, 0.3) is 0 Å². The fraction of sp³-hybridized carbons (Fsp3) is 0.800. The van der Waals surface area contributed by atoms with E-state index in [1.165, 1.54) is 6.92 Å². The predicted molar refractivity (Wildman–Crippen MR) is 57.1 cm³/mol. The van der Waals surface area contributed by atoms with Gasteiger partial charge in [-0.25, -0.2) is 4.79 Å². The third-order valence-corrected chi connectivity index (χ3v) is 2.68. The molecule has 1 aliphatic rings. The zero-order chi connectivity index (χ0) is 12.1. The average molecular weight is 230 g/mol. The Bertz CT molecular complexity index is 270. The van der Waals surface area contributed by atoms with Crippen LogP contribution >= 0.6 is 0 Å². The third-order valence-electron chi connectivity index (χ3n) is 2.68. The number of carbonyl (C=O) groups is 2. The van der Waals surface area contributed by atoms with Crippen molar-refractivity contribution in [1.29, 1.82) is 0 Å². The average Bonchev–Trinajstić information content (AvgIpc) is 2.63. The SMILES string of the molecule is COC1CCN(CC(NC(C)=O)C(=O)O)C1. The highest BCUT2D eigenvalue weighted by molar-refractivity contribution is 5.82. The van der Waals surface area contributed by atoms with Crippen LogP contribution in [0.4, 0.5) is 0 Å². The van der Waals surface area contributed by atoms with Crippen LogP contribution in [0.2, 0.25) is 0 Å². The zero-order valence-corrected chi connectivity index (χ0v) is 9.60. The molecule has 0 aromatic carbocycles. The molecule has 1 heterocycles. The molecule has 0 aromatic rings. The molecule has 2 unspecified atom stereocenters. The van der Waals surface area contributed by atoms with Crippen LogP contribution in [-0.4, -0.2) is 60.8 Å². The Morgan fingerprint density at radius 1 is 1.62 bits per heavy atom. The summed E-state index contributed by atoms with van der Waals surface area (Å²) in [5.41, 5.74) is 0. The lowest BCUT2D eigenvalue weighted by Crippen LogP contribution is -2.47. The van der Waals surface area contributed by atoms with E-state index in [0.717, 1.165) is 19.5 Å². The molecule has 0 aliphatic carbocycles. The maximum atomic E-state index is 10.9. The Morgan fingerprint density at radius 2 is 2.31 bits per heavy atom. The summed E-state index contributed by atoms with van der Waals surface area (Å²) in [5.74, 6) is -1.33. The molecular weight excluding hydrogens is 212 g/mol. The third kappa shape index (κ3) is 3.79. The molecule has 92 valence electrons. The summed E-state index contributed by atoms with van der Waals surface area (Å²) in [4.78, 5) is 23.7. The second-order valence-corrected chi connectivity index (χ2v) is 4.00. The molecular formula is C10H18N2O4. The monoisotopic (exact) mass is 230 g/mol. The summed E-state index contributed by atoms with van der Waals surface area (Å²) in [6.07, 6.45) is 1.08. The van der Waals surface area contributed by atoms with E-state index in [1.807, 2.05) is 4.90 Å². The van der Waals surface area contributed by atoms with Crippen molar-refractivity contribution in [3.8, 4) is 0 Å². The number of carboxylic acids is 1. The maximum absolute atomic E-state index is 10.9. The maximum Gasteiger partial charge on any atom is 0.327 e. The molecule has 1 amide bonds. The number of aliphatic carboxylic acids is 1. The molecule has 0 bridgehead atoms. The van der Waals surface area contributed by atoms with Gasteiger partial charge in [-0.3, -0.25) is 9.69 Å². The van der Waals surface area contributed by atoms with Crippen molar-refractivity contribution in [3.63, 3.8) is 0 Å². The molecule has 1 saturated heterocycles. The highest BCUT2D eigenvalue weighted by atomic mass is 16.5. The van der Waals surface area contributed by atoms with Gasteiger partial charge in [0, 0.05) is 33.7 Å². The van der Waals surface area contributed by atoms with Gasteiger partial charge in [0.1, 0.15) is 6.04 Å². The Morgan fingerprint density at radius 3 is 2.75 bits per heavy atom. The van der Waals surface area contributed by atoms with Crippen molar-refractivity contribution < 1.29 is 19.4 Å². The molecule has 2 N–H and O–H groups in total. The first-order chi connectivity index (χ1) is 7.52. The number of rotatable bonds is 5. The fourth-order valence-corrected chi connectivity index (χ4v) is 1.84. The Labute approximate surface area is 94.6 Å². The number of nitrogens with zero attached hydrogens (tertiary/aromatic N) is 1.